The Hall–Kier alpha value is -1.45. The first-order valence-corrected chi connectivity index (χ1v) is 7.00. The number of carbonyl (C=O) groups excluding carboxylic acids is 1. The van der Waals surface area contributed by atoms with Gasteiger partial charge in [0.05, 0.1) is 12.5 Å². The third-order valence-electron chi connectivity index (χ3n) is 2.67. The molecule has 0 radical (unpaired) electrons. The quantitative estimate of drug-likeness (QED) is 0.309. The van der Waals surface area contributed by atoms with Gasteiger partial charge in [0, 0.05) is 25.7 Å². The lowest BCUT2D eigenvalue weighted by molar-refractivity contribution is -0.147. The molecule has 1 aromatic rings. The number of nitrogens with zero attached hydrogens (tertiary/aromatic N) is 1. The van der Waals surface area contributed by atoms with Gasteiger partial charge in [-0.25, -0.2) is 8.78 Å². The van der Waals surface area contributed by atoms with Gasteiger partial charge in [0.1, 0.15) is 11.6 Å². The molecule has 23 heavy (non-hydrogen) atoms. The zero-order valence-corrected chi connectivity index (χ0v) is 15.7. The lowest BCUT2D eigenvalue weighted by Gasteiger charge is -2.13. The highest BCUT2D eigenvalue weighted by Gasteiger charge is 2.07. The highest BCUT2D eigenvalue weighted by molar-refractivity contribution is 14.0. The van der Waals surface area contributed by atoms with Crippen LogP contribution in [0, 0.1) is 11.6 Å². The number of halogens is 3. The summed E-state index contributed by atoms with van der Waals surface area (Å²) in [6.07, 6.45) is 0.0358. The van der Waals surface area contributed by atoms with Crippen LogP contribution in [-0.4, -0.2) is 31.6 Å². The number of carbonyl (C=O) groups is 1. The molecule has 2 N–H and O–H groups in total. The first-order chi connectivity index (χ1) is 10.4. The molecule has 0 aromatic heterocycles. The van der Waals surface area contributed by atoms with Gasteiger partial charge in [-0.1, -0.05) is 0 Å². The molecule has 0 unspecified atom stereocenters. The summed E-state index contributed by atoms with van der Waals surface area (Å²) in [5, 5.41) is 5.75. The lowest BCUT2D eigenvalue weighted by Crippen LogP contribution is -2.38. The number of aliphatic imine (C=N–C) groups is 1. The SMILES string of the molecule is CN=C(NCCC(=O)OC(C)C)NCc1cc(F)ccc1F.I. The fraction of sp³-hybridized carbons (Fsp3) is 0.467. The molecule has 0 bridgehead atoms. The Labute approximate surface area is 151 Å². The zero-order chi connectivity index (χ0) is 16.5. The van der Waals surface area contributed by atoms with E-state index < -0.39 is 11.6 Å². The maximum atomic E-state index is 13.5. The van der Waals surface area contributed by atoms with E-state index >= 15 is 0 Å². The van der Waals surface area contributed by atoms with Gasteiger partial charge in [-0.2, -0.15) is 0 Å². The van der Waals surface area contributed by atoms with Crippen LogP contribution in [0.15, 0.2) is 23.2 Å². The molecule has 0 aliphatic heterocycles. The number of guanidine groups is 1. The smallest absolute Gasteiger partial charge is 0.307 e. The molecule has 0 heterocycles. The molecule has 1 aromatic carbocycles. The summed E-state index contributed by atoms with van der Waals surface area (Å²) in [5.41, 5.74) is 0.196. The molecule has 0 amide bonds. The number of ether oxygens (including phenoxy) is 1. The van der Waals surface area contributed by atoms with E-state index in [1.54, 1.807) is 20.9 Å². The van der Waals surface area contributed by atoms with Crippen molar-refractivity contribution in [3.8, 4) is 0 Å². The number of esters is 1. The van der Waals surface area contributed by atoms with Crippen molar-refractivity contribution < 1.29 is 18.3 Å². The summed E-state index contributed by atoms with van der Waals surface area (Å²) in [6, 6.07) is 3.26. The average molecular weight is 441 g/mol. The Morgan fingerprint density at radius 1 is 1.30 bits per heavy atom. The van der Waals surface area contributed by atoms with Crippen LogP contribution in [0.4, 0.5) is 8.78 Å². The summed E-state index contributed by atoms with van der Waals surface area (Å²) in [7, 11) is 1.55. The van der Waals surface area contributed by atoms with Crippen molar-refractivity contribution in [2.24, 2.45) is 4.99 Å². The van der Waals surface area contributed by atoms with E-state index in [9.17, 15) is 13.6 Å². The third kappa shape index (κ3) is 8.68. The van der Waals surface area contributed by atoms with Crippen LogP contribution < -0.4 is 10.6 Å². The topological polar surface area (TPSA) is 62.7 Å². The summed E-state index contributed by atoms with van der Waals surface area (Å²) in [6.45, 7) is 3.97. The predicted molar refractivity (Wildman–Crippen MR) is 95.8 cm³/mol. The fourth-order valence-electron chi connectivity index (χ4n) is 1.68. The molecule has 0 atom stereocenters. The predicted octanol–water partition coefficient (Wildman–Crippen LogP) is 2.59. The molecule has 0 aliphatic carbocycles. The van der Waals surface area contributed by atoms with Gasteiger partial charge in [-0.3, -0.25) is 9.79 Å². The average Bonchev–Trinajstić information content (AvgIpc) is 2.45. The third-order valence-corrected chi connectivity index (χ3v) is 2.67. The van der Waals surface area contributed by atoms with Crippen molar-refractivity contribution >= 4 is 35.9 Å². The van der Waals surface area contributed by atoms with Gasteiger partial charge in [0.15, 0.2) is 5.96 Å². The molecule has 0 spiro atoms. The largest absolute Gasteiger partial charge is 0.463 e. The van der Waals surface area contributed by atoms with Crippen molar-refractivity contribution in [1.82, 2.24) is 10.6 Å². The van der Waals surface area contributed by atoms with Gasteiger partial charge in [0.25, 0.3) is 0 Å². The molecule has 0 saturated carbocycles. The Morgan fingerprint density at radius 2 is 2.00 bits per heavy atom. The Kier molecular flexibility index (Phi) is 10.4. The second-order valence-electron chi connectivity index (χ2n) is 4.88. The number of hydrogen-bond acceptors (Lipinski definition) is 3. The van der Waals surface area contributed by atoms with Gasteiger partial charge >= 0.3 is 5.97 Å². The highest BCUT2D eigenvalue weighted by atomic mass is 127. The molecule has 8 heteroatoms. The summed E-state index contributed by atoms with van der Waals surface area (Å²) < 4.78 is 31.5. The number of benzene rings is 1. The van der Waals surface area contributed by atoms with Crippen LogP contribution >= 0.6 is 24.0 Å². The van der Waals surface area contributed by atoms with Gasteiger partial charge in [0.2, 0.25) is 0 Å². The van der Waals surface area contributed by atoms with Crippen LogP contribution in [0.2, 0.25) is 0 Å². The van der Waals surface area contributed by atoms with E-state index in [0.29, 0.717) is 12.5 Å². The molecule has 5 nitrogen and oxygen atoms in total. The van der Waals surface area contributed by atoms with Crippen molar-refractivity contribution in [3.05, 3.63) is 35.4 Å². The van der Waals surface area contributed by atoms with Crippen molar-refractivity contribution in [3.63, 3.8) is 0 Å². The van der Waals surface area contributed by atoms with Gasteiger partial charge in [-0.05, 0) is 32.0 Å². The van der Waals surface area contributed by atoms with E-state index in [2.05, 4.69) is 15.6 Å². The second kappa shape index (κ2) is 11.1. The Bertz CT molecular complexity index is 539. The Balaban J connectivity index is 0.00000484. The monoisotopic (exact) mass is 441 g/mol. The normalized spacial score (nSPS) is 11.0. The van der Waals surface area contributed by atoms with E-state index in [-0.39, 0.29) is 54.6 Å². The van der Waals surface area contributed by atoms with Crippen LogP contribution in [0.5, 0.6) is 0 Å². The Morgan fingerprint density at radius 3 is 2.61 bits per heavy atom. The highest BCUT2D eigenvalue weighted by Crippen LogP contribution is 2.08. The zero-order valence-electron chi connectivity index (χ0n) is 13.4. The number of hydrogen-bond donors (Lipinski definition) is 2. The summed E-state index contributed by atoms with van der Waals surface area (Å²) in [5.74, 6) is -0.919. The molecule has 0 aliphatic rings. The van der Waals surface area contributed by atoms with E-state index in [1.165, 1.54) is 0 Å². The second-order valence-corrected chi connectivity index (χ2v) is 4.88. The molecular formula is C15H22F2IN3O2. The fourth-order valence-corrected chi connectivity index (χ4v) is 1.68. The first kappa shape index (κ1) is 21.6. The maximum Gasteiger partial charge on any atom is 0.307 e. The van der Waals surface area contributed by atoms with Crippen molar-refractivity contribution in [2.45, 2.75) is 32.9 Å². The van der Waals surface area contributed by atoms with Gasteiger partial charge < -0.3 is 15.4 Å². The minimum Gasteiger partial charge on any atom is -0.463 e. The van der Waals surface area contributed by atoms with Crippen LogP contribution in [-0.2, 0) is 16.1 Å². The maximum absolute atomic E-state index is 13.5. The van der Waals surface area contributed by atoms with Crippen LogP contribution in [0.25, 0.3) is 0 Å². The molecule has 0 saturated heterocycles. The van der Waals surface area contributed by atoms with E-state index in [0.717, 1.165) is 18.2 Å². The van der Waals surface area contributed by atoms with Crippen molar-refractivity contribution in [2.75, 3.05) is 13.6 Å². The molecule has 0 fully saturated rings. The lowest BCUT2D eigenvalue weighted by atomic mass is 10.2. The standard InChI is InChI=1S/C15H21F2N3O2.HI/c1-10(2)22-14(21)6-7-19-15(18-3)20-9-11-8-12(16)4-5-13(11)17;/h4-5,8,10H,6-7,9H2,1-3H3,(H2,18,19,20);1H. The molecule has 1 rings (SSSR count). The van der Waals surface area contributed by atoms with E-state index in [1.807, 2.05) is 0 Å². The molecule has 130 valence electrons. The number of rotatable bonds is 6. The number of nitrogens with one attached hydrogen (secondary N) is 2. The first-order valence-electron chi connectivity index (χ1n) is 7.00. The minimum absolute atomic E-state index is 0. The minimum atomic E-state index is -0.502. The molecular weight excluding hydrogens is 419 g/mol. The van der Waals surface area contributed by atoms with Crippen molar-refractivity contribution in [1.29, 1.82) is 0 Å². The van der Waals surface area contributed by atoms with Crippen LogP contribution in [0.3, 0.4) is 0 Å². The summed E-state index contributed by atoms with van der Waals surface area (Å²) >= 11 is 0. The van der Waals surface area contributed by atoms with E-state index in [4.69, 9.17) is 4.74 Å². The summed E-state index contributed by atoms with van der Waals surface area (Å²) in [4.78, 5) is 15.3. The van der Waals surface area contributed by atoms with Crippen LogP contribution in [0.1, 0.15) is 25.8 Å². The van der Waals surface area contributed by atoms with Gasteiger partial charge in [-0.15, -0.1) is 24.0 Å².